The van der Waals surface area contributed by atoms with E-state index in [-0.39, 0.29) is 49.0 Å². The summed E-state index contributed by atoms with van der Waals surface area (Å²) in [6.45, 7) is 3.69. The van der Waals surface area contributed by atoms with Gasteiger partial charge in [0.1, 0.15) is 12.2 Å². The monoisotopic (exact) mass is 530 g/mol. The fraction of sp³-hybridized carbons (Fsp3) is 0.611. The quantitative estimate of drug-likeness (QED) is 0.201. The fourth-order valence-electron chi connectivity index (χ4n) is 2.95. The van der Waals surface area contributed by atoms with Gasteiger partial charge < -0.3 is 19.7 Å². The molecule has 1 aliphatic rings. The molecule has 1 aliphatic heterocycles. The first-order valence-electron chi connectivity index (χ1n) is 9.14. The van der Waals surface area contributed by atoms with E-state index in [0.29, 0.717) is 38.5 Å². The molecule has 11 heteroatoms. The lowest BCUT2D eigenvalue weighted by molar-refractivity contribution is -0.149. The summed E-state index contributed by atoms with van der Waals surface area (Å²) in [5.41, 5.74) is -0.902. The minimum absolute atomic E-state index is 0. The van der Waals surface area contributed by atoms with E-state index in [9.17, 15) is 18.0 Å². The van der Waals surface area contributed by atoms with Crippen molar-refractivity contribution in [1.82, 2.24) is 15.2 Å². The van der Waals surface area contributed by atoms with Crippen molar-refractivity contribution >= 4 is 35.9 Å². The molecule has 2 rings (SSSR count). The van der Waals surface area contributed by atoms with Gasteiger partial charge in [-0.25, -0.2) is 4.98 Å². The van der Waals surface area contributed by atoms with E-state index in [4.69, 9.17) is 9.47 Å². The molecule has 7 nitrogen and oxygen atoms in total. The number of nitrogens with zero attached hydrogens (tertiary/aromatic N) is 3. The van der Waals surface area contributed by atoms with Crippen molar-refractivity contribution in [2.75, 3.05) is 39.9 Å². The number of halogens is 4. The maximum atomic E-state index is 12.9. The third-order valence-corrected chi connectivity index (χ3v) is 4.33. The fourth-order valence-corrected chi connectivity index (χ4v) is 2.95. The van der Waals surface area contributed by atoms with Gasteiger partial charge in [-0.1, -0.05) is 0 Å². The van der Waals surface area contributed by atoms with Crippen molar-refractivity contribution in [3.63, 3.8) is 0 Å². The third-order valence-electron chi connectivity index (χ3n) is 4.33. The number of pyridine rings is 1. The SMILES string of the molecule is CCOC(=O)C1CCN(C(=NC)NCCOc2ncccc2C(F)(F)F)CC1.I. The number of guanidine groups is 1. The van der Waals surface area contributed by atoms with Crippen LogP contribution in [0.25, 0.3) is 0 Å². The van der Waals surface area contributed by atoms with Crippen LogP contribution in [0.2, 0.25) is 0 Å². The number of carbonyl (C=O) groups excluding carboxylic acids is 1. The van der Waals surface area contributed by atoms with Crippen molar-refractivity contribution in [2.45, 2.75) is 25.9 Å². The van der Waals surface area contributed by atoms with Gasteiger partial charge in [0.2, 0.25) is 5.88 Å². The minimum atomic E-state index is -4.52. The van der Waals surface area contributed by atoms with Crippen LogP contribution in [0.15, 0.2) is 23.3 Å². The van der Waals surface area contributed by atoms with Gasteiger partial charge in [-0.05, 0) is 31.9 Å². The summed E-state index contributed by atoms with van der Waals surface area (Å²) in [4.78, 5) is 21.6. The molecule has 1 aromatic heterocycles. The summed E-state index contributed by atoms with van der Waals surface area (Å²) in [6.07, 6.45) is -1.93. The molecule has 1 aromatic rings. The van der Waals surface area contributed by atoms with Crippen molar-refractivity contribution in [2.24, 2.45) is 10.9 Å². The smallest absolute Gasteiger partial charge is 0.421 e. The van der Waals surface area contributed by atoms with Gasteiger partial charge in [0.05, 0.1) is 19.1 Å². The zero-order valence-electron chi connectivity index (χ0n) is 16.4. The van der Waals surface area contributed by atoms with Gasteiger partial charge in [-0.15, -0.1) is 24.0 Å². The highest BCUT2D eigenvalue weighted by Gasteiger charge is 2.35. The van der Waals surface area contributed by atoms with Crippen LogP contribution < -0.4 is 10.1 Å². The molecule has 1 fully saturated rings. The number of aromatic nitrogens is 1. The number of rotatable bonds is 6. The highest BCUT2D eigenvalue weighted by atomic mass is 127. The summed E-state index contributed by atoms with van der Waals surface area (Å²) in [6, 6.07) is 2.15. The van der Waals surface area contributed by atoms with Gasteiger partial charge in [-0.2, -0.15) is 13.2 Å². The molecule has 0 aliphatic carbocycles. The van der Waals surface area contributed by atoms with Crippen LogP contribution in [0.4, 0.5) is 13.2 Å². The van der Waals surface area contributed by atoms with Crippen LogP contribution >= 0.6 is 24.0 Å². The molecular formula is C18H26F3IN4O3. The molecule has 0 unspecified atom stereocenters. The molecule has 2 heterocycles. The highest BCUT2D eigenvalue weighted by Crippen LogP contribution is 2.34. The van der Waals surface area contributed by atoms with Crippen LogP contribution in [-0.4, -0.2) is 61.7 Å². The summed E-state index contributed by atoms with van der Waals surface area (Å²) in [5, 5.41) is 3.06. The van der Waals surface area contributed by atoms with E-state index in [1.54, 1.807) is 14.0 Å². The van der Waals surface area contributed by atoms with Gasteiger partial charge in [0, 0.05) is 26.3 Å². The Balaban J connectivity index is 0.00000420. The van der Waals surface area contributed by atoms with Crippen LogP contribution in [0, 0.1) is 5.92 Å². The van der Waals surface area contributed by atoms with Crippen molar-refractivity contribution in [3.05, 3.63) is 23.9 Å². The number of aliphatic imine (C=N–C) groups is 1. The Morgan fingerprint density at radius 3 is 2.66 bits per heavy atom. The number of hydrogen-bond donors (Lipinski definition) is 1. The number of piperidine rings is 1. The van der Waals surface area contributed by atoms with Crippen molar-refractivity contribution in [3.8, 4) is 5.88 Å². The number of hydrogen-bond acceptors (Lipinski definition) is 5. The van der Waals surface area contributed by atoms with Crippen LogP contribution in [0.3, 0.4) is 0 Å². The van der Waals surface area contributed by atoms with E-state index in [1.807, 2.05) is 4.90 Å². The Bertz CT molecular complexity index is 681. The molecule has 0 atom stereocenters. The lowest BCUT2D eigenvalue weighted by Gasteiger charge is -2.33. The van der Waals surface area contributed by atoms with E-state index < -0.39 is 17.6 Å². The molecule has 1 saturated heterocycles. The first-order valence-corrected chi connectivity index (χ1v) is 9.14. The number of ether oxygens (including phenoxy) is 2. The zero-order chi connectivity index (χ0) is 20.6. The van der Waals surface area contributed by atoms with Gasteiger partial charge in [-0.3, -0.25) is 9.79 Å². The Labute approximate surface area is 185 Å². The number of likely N-dealkylation sites (tertiary alicyclic amines) is 1. The highest BCUT2D eigenvalue weighted by molar-refractivity contribution is 14.0. The van der Waals surface area contributed by atoms with Crippen LogP contribution in [0.1, 0.15) is 25.3 Å². The maximum absolute atomic E-state index is 12.9. The van der Waals surface area contributed by atoms with Crippen LogP contribution in [-0.2, 0) is 15.7 Å². The number of alkyl halides is 3. The summed E-state index contributed by atoms with van der Waals surface area (Å²) < 4.78 is 49.0. The van der Waals surface area contributed by atoms with E-state index in [1.165, 1.54) is 12.3 Å². The molecule has 0 aromatic carbocycles. The molecule has 0 amide bonds. The summed E-state index contributed by atoms with van der Waals surface area (Å²) in [7, 11) is 1.63. The minimum Gasteiger partial charge on any atom is -0.475 e. The Morgan fingerprint density at radius 2 is 2.07 bits per heavy atom. The predicted octanol–water partition coefficient (Wildman–Crippen LogP) is 2.95. The molecule has 0 bridgehead atoms. The van der Waals surface area contributed by atoms with Crippen LogP contribution in [0.5, 0.6) is 5.88 Å². The standard InChI is InChI=1S/C18H25F3N4O3.HI/c1-3-27-16(26)13-6-10-25(11-7-13)17(22-2)24-9-12-28-15-14(18(19,20)21)5-4-8-23-15;/h4-5,8,13H,3,6-7,9-12H2,1-2H3,(H,22,24);1H. The molecule has 0 radical (unpaired) electrons. The largest absolute Gasteiger partial charge is 0.475 e. The first kappa shape index (κ1) is 25.2. The molecule has 0 saturated carbocycles. The molecular weight excluding hydrogens is 504 g/mol. The van der Waals surface area contributed by atoms with Gasteiger partial charge in [0.15, 0.2) is 5.96 Å². The second-order valence-corrected chi connectivity index (χ2v) is 6.19. The first-order chi connectivity index (χ1) is 13.4. The lowest BCUT2D eigenvalue weighted by Crippen LogP contribution is -2.47. The maximum Gasteiger partial charge on any atom is 0.421 e. The Morgan fingerprint density at radius 1 is 1.38 bits per heavy atom. The second kappa shape index (κ2) is 12.0. The van der Waals surface area contributed by atoms with Gasteiger partial charge in [0.25, 0.3) is 0 Å². The zero-order valence-corrected chi connectivity index (χ0v) is 18.7. The number of carbonyl (C=O) groups is 1. The summed E-state index contributed by atoms with van der Waals surface area (Å²) >= 11 is 0. The van der Waals surface area contributed by atoms with E-state index >= 15 is 0 Å². The topological polar surface area (TPSA) is 76.0 Å². The van der Waals surface area contributed by atoms with Crippen molar-refractivity contribution < 1.29 is 27.4 Å². The average Bonchev–Trinajstić information content (AvgIpc) is 2.68. The van der Waals surface area contributed by atoms with Gasteiger partial charge >= 0.3 is 12.1 Å². The Kier molecular flexibility index (Phi) is 10.5. The lowest BCUT2D eigenvalue weighted by atomic mass is 9.97. The molecule has 29 heavy (non-hydrogen) atoms. The van der Waals surface area contributed by atoms with E-state index in [0.717, 1.165) is 6.07 Å². The third kappa shape index (κ3) is 7.52. The number of esters is 1. The van der Waals surface area contributed by atoms with Crippen molar-refractivity contribution in [1.29, 1.82) is 0 Å². The normalized spacial score (nSPS) is 15.5. The Hall–Kier alpha value is -1.79. The number of nitrogens with one attached hydrogen (secondary N) is 1. The predicted molar refractivity (Wildman–Crippen MR) is 112 cm³/mol. The average molecular weight is 530 g/mol. The molecule has 1 N–H and O–H groups in total. The molecule has 164 valence electrons. The van der Waals surface area contributed by atoms with E-state index in [2.05, 4.69) is 15.3 Å². The summed E-state index contributed by atoms with van der Waals surface area (Å²) in [5.74, 6) is -0.109. The second-order valence-electron chi connectivity index (χ2n) is 6.19. The molecule has 0 spiro atoms.